The van der Waals surface area contributed by atoms with Crippen molar-refractivity contribution in [2.24, 2.45) is 0 Å². The van der Waals surface area contributed by atoms with Crippen LogP contribution in [0.3, 0.4) is 0 Å². The second-order valence-electron chi connectivity index (χ2n) is 7.79. The second kappa shape index (κ2) is 10.0. The number of aromatic nitrogens is 5. The van der Waals surface area contributed by atoms with Gasteiger partial charge in [-0.2, -0.15) is 5.10 Å². The number of carbonyl (C=O) groups excluding carboxylic acids is 2. The van der Waals surface area contributed by atoms with Crippen molar-refractivity contribution in [3.63, 3.8) is 0 Å². The van der Waals surface area contributed by atoms with E-state index in [4.69, 9.17) is 15.2 Å². The third-order valence-electron chi connectivity index (χ3n) is 5.49. The van der Waals surface area contributed by atoms with Gasteiger partial charge in [-0.3, -0.25) is 9.80 Å². The summed E-state index contributed by atoms with van der Waals surface area (Å²) in [5.74, 6) is -1.52. The smallest absolute Gasteiger partial charge is 0.414 e. The van der Waals surface area contributed by atoms with Crippen LogP contribution < -0.4 is 15.5 Å². The lowest BCUT2D eigenvalue weighted by atomic mass is 10.2. The van der Waals surface area contributed by atoms with E-state index in [1.807, 2.05) is 0 Å². The van der Waals surface area contributed by atoms with Crippen molar-refractivity contribution in [3.8, 4) is 11.5 Å². The van der Waals surface area contributed by atoms with Crippen molar-refractivity contribution in [3.05, 3.63) is 53.7 Å². The van der Waals surface area contributed by atoms with Gasteiger partial charge in [0.25, 0.3) is 0 Å². The topological polar surface area (TPSA) is 142 Å². The highest BCUT2D eigenvalue weighted by Crippen LogP contribution is 2.36. The van der Waals surface area contributed by atoms with E-state index < -0.39 is 23.8 Å². The Morgan fingerprint density at radius 3 is 2.41 bits per heavy atom. The molecule has 4 rings (SSSR count). The maximum absolute atomic E-state index is 14.3. The summed E-state index contributed by atoms with van der Waals surface area (Å²) in [5.41, 5.74) is 6.79. The third kappa shape index (κ3) is 4.68. The van der Waals surface area contributed by atoms with Gasteiger partial charge >= 0.3 is 12.2 Å². The highest BCUT2D eigenvalue weighted by atomic mass is 19.1. The molecule has 4 aromatic rings. The van der Waals surface area contributed by atoms with Crippen molar-refractivity contribution in [2.75, 3.05) is 43.8 Å². The van der Waals surface area contributed by atoms with Crippen LogP contribution in [-0.2, 0) is 16.0 Å². The Kier molecular flexibility index (Phi) is 6.82. The molecule has 3 heterocycles. The molecule has 0 atom stereocenters. The average molecular weight is 512 g/mol. The molecule has 14 heteroatoms. The van der Waals surface area contributed by atoms with Crippen LogP contribution in [0.25, 0.3) is 22.6 Å². The molecule has 0 fully saturated rings. The van der Waals surface area contributed by atoms with Crippen LogP contribution in [0.2, 0.25) is 0 Å². The summed E-state index contributed by atoms with van der Waals surface area (Å²) in [5, 5.41) is 4.69. The maximum Gasteiger partial charge on any atom is 0.414 e. The highest BCUT2D eigenvalue weighted by Gasteiger charge is 2.28. The van der Waals surface area contributed by atoms with Gasteiger partial charge in [0.2, 0.25) is 0 Å². The van der Waals surface area contributed by atoms with E-state index in [0.29, 0.717) is 5.56 Å². The molecule has 1 aromatic carbocycles. The number of carbonyl (C=O) groups is 2. The number of hydrogen-bond acceptors (Lipinski definition) is 9. The van der Waals surface area contributed by atoms with E-state index in [2.05, 4.69) is 20.1 Å². The number of methoxy groups -OCH3 is 2. The second-order valence-corrected chi connectivity index (χ2v) is 7.79. The van der Waals surface area contributed by atoms with Crippen molar-refractivity contribution in [2.45, 2.75) is 6.54 Å². The minimum Gasteiger partial charge on any atom is -0.452 e. The molecule has 12 nitrogen and oxygen atoms in total. The standard InChI is InChI=1S/C23H22F2N8O4/c1-31(22(34)36-3)17-18(26)28-19(29-21(17)32(2)23(35)37-4)16-14-9-13(24)10-27-20(14)33(30-16)11-12-7-5-6-8-15(12)25/h5-10H,11H2,1-4H3,(H2,26,28,29). The fourth-order valence-corrected chi connectivity index (χ4v) is 3.67. The number of nitrogen functional groups attached to an aromatic ring is 1. The van der Waals surface area contributed by atoms with E-state index in [0.717, 1.165) is 16.0 Å². The molecule has 0 aliphatic heterocycles. The first-order chi connectivity index (χ1) is 17.7. The van der Waals surface area contributed by atoms with E-state index in [9.17, 15) is 18.4 Å². The van der Waals surface area contributed by atoms with Crippen molar-refractivity contribution >= 4 is 40.5 Å². The number of halogens is 2. The Hall–Kier alpha value is -4.88. The fourth-order valence-electron chi connectivity index (χ4n) is 3.67. The Balaban J connectivity index is 1.94. The molecular weight excluding hydrogens is 490 g/mol. The fraction of sp³-hybridized carbons (Fsp3) is 0.217. The van der Waals surface area contributed by atoms with Gasteiger partial charge in [-0.05, 0) is 12.1 Å². The van der Waals surface area contributed by atoms with Crippen molar-refractivity contribution < 1.29 is 27.8 Å². The first kappa shape index (κ1) is 25.2. The third-order valence-corrected chi connectivity index (χ3v) is 5.49. The molecule has 0 saturated heterocycles. The van der Waals surface area contributed by atoms with Gasteiger partial charge < -0.3 is 15.2 Å². The average Bonchev–Trinajstić information content (AvgIpc) is 3.24. The van der Waals surface area contributed by atoms with Crippen LogP contribution in [0, 0.1) is 11.6 Å². The number of fused-ring (bicyclic) bond motifs is 1. The zero-order valence-electron chi connectivity index (χ0n) is 20.3. The summed E-state index contributed by atoms with van der Waals surface area (Å²) in [7, 11) is 5.04. The minimum atomic E-state index is -0.814. The lowest BCUT2D eigenvalue weighted by molar-refractivity contribution is 0.178. The van der Waals surface area contributed by atoms with Crippen LogP contribution in [0.4, 0.5) is 35.7 Å². The quantitative estimate of drug-likeness (QED) is 0.427. The van der Waals surface area contributed by atoms with Gasteiger partial charge in [0.05, 0.1) is 32.3 Å². The Morgan fingerprint density at radius 1 is 1.05 bits per heavy atom. The Bertz CT molecular complexity index is 1510. The molecular formula is C23H22F2N8O4. The molecule has 2 amide bonds. The molecule has 3 aromatic heterocycles. The number of pyridine rings is 1. The molecule has 0 unspecified atom stereocenters. The number of rotatable bonds is 5. The molecule has 192 valence electrons. The summed E-state index contributed by atoms with van der Waals surface area (Å²) in [4.78, 5) is 39.4. The van der Waals surface area contributed by atoms with Crippen LogP contribution in [-0.4, -0.2) is 65.2 Å². The van der Waals surface area contributed by atoms with Crippen LogP contribution in [0.5, 0.6) is 0 Å². The molecule has 0 aliphatic carbocycles. The SMILES string of the molecule is COC(=O)N(C)c1nc(-c2nn(Cc3ccccc3F)c3ncc(F)cc23)nc(N)c1N(C)C(=O)OC. The number of ether oxygens (including phenoxy) is 2. The molecule has 37 heavy (non-hydrogen) atoms. The first-order valence-electron chi connectivity index (χ1n) is 10.7. The largest absolute Gasteiger partial charge is 0.452 e. The number of benzene rings is 1. The maximum atomic E-state index is 14.3. The summed E-state index contributed by atoms with van der Waals surface area (Å²) >= 11 is 0. The predicted octanol–water partition coefficient (Wildman–Crippen LogP) is 3.20. The predicted molar refractivity (Wildman–Crippen MR) is 130 cm³/mol. The summed E-state index contributed by atoms with van der Waals surface area (Å²) in [6.45, 7) is -0.0185. The van der Waals surface area contributed by atoms with E-state index in [-0.39, 0.29) is 46.4 Å². The van der Waals surface area contributed by atoms with Gasteiger partial charge in [0.15, 0.2) is 23.1 Å². The number of hydrogen-bond donors (Lipinski definition) is 1. The molecule has 2 N–H and O–H groups in total. The summed E-state index contributed by atoms with van der Waals surface area (Å²) in [6.07, 6.45) is -0.606. The lowest BCUT2D eigenvalue weighted by Gasteiger charge is -2.24. The monoisotopic (exact) mass is 512 g/mol. The number of amides is 2. The zero-order chi connectivity index (χ0) is 26.9. The first-order valence-corrected chi connectivity index (χ1v) is 10.7. The van der Waals surface area contributed by atoms with Gasteiger partial charge in [0.1, 0.15) is 23.0 Å². The number of anilines is 3. The van der Waals surface area contributed by atoms with Gasteiger partial charge in [-0.1, -0.05) is 18.2 Å². The van der Waals surface area contributed by atoms with Crippen LogP contribution in [0.15, 0.2) is 36.5 Å². The molecule has 0 spiro atoms. The van der Waals surface area contributed by atoms with Crippen LogP contribution in [0.1, 0.15) is 5.56 Å². The normalized spacial score (nSPS) is 10.9. The van der Waals surface area contributed by atoms with Crippen LogP contribution >= 0.6 is 0 Å². The summed E-state index contributed by atoms with van der Waals surface area (Å²) in [6, 6.07) is 7.31. The summed E-state index contributed by atoms with van der Waals surface area (Å²) < 4.78 is 39.4. The van der Waals surface area contributed by atoms with Gasteiger partial charge in [-0.15, -0.1) is 0 Å². The van der Waals surface area contributed by atoms with E-state index in [1.54, 1.807) is 18.2 Å². The number of nitrogens with two attached hydrogens (primary N) is 1. The molecule has 0 radical (unpaired) electrons. The Morgan fingerprint density at radius 2 is 1.73 bits per heavy atom. The zero-order valence-corrected chi connectivity index (χ0v) is 20.3. The molecule has 0 aliphatic rings. The van der Waals surface area contributed by atoms with Gasteiger partial charge in [-0.25, -0.2) is 38.0 Å². The Labute approximate surface area is 209 Å². The van der Waals surface area contributed by atoms with E-state index in [1.165, 1.54) is 45.1 Å². The number of nitrogens with zero attached hydrogens (tertiary/aromatic N) is 7. The van der Waals surface area contributed by atoms with Crippen molar-refractivity contribution in [1.29, 1.82) is 0 Å². The van der Waals surface area contributed by atoms with Gasteiger partial charge in [0, 0.05) is 19.7 Å². The molecule has 0 saturated carbocycles. The lowest BCUT2D eigenvalue weighted by Crippen LogP contribution is -2.33. The van der Waals surface area contributed by atoms with Crippen molar-refractivity contribution in [1.82, 2.24) is 24.7 Å². The molecule has 0 bridgehead atoms. The highest BCUT2D eigenvalue weighted by molar-refractivity contribution is 6.00. The minimum absolute atomic E-state index is 0.0185. The van der Waals surface area contributed by atoms with E-state index >= 15 is 0 Å².